The van der Waals surface area contributed by atoms with Crippen LogP contribution in [0.25, 0.3) is 0 Å². The molecule has 1 saturated heterocycles. The summed E-state index contributed by atoms with van der Waals surface area (Å²) in [5.74, 6) is -0.0686. The normalized spacial score (nSPS) is 14.3. The number of hydrogen-bond donors (Lipinski definition) is 1. The summed E-state index contributed by atoms with van der Waals surface area (Å²) in [5, 5.41) is 3.65. The largest absolute Gasteiger partial charge is 0.368 e. The molecule has 0 bridgehead atoms. The van der Waals surface area contributed by atoms with Crippen molar-refractivity contribution in [1.29, 1.82) is 0 Å². The van der Waals surface area contributed by atoms with Gasteiger partial charge < -0.3 is 15.1 Å². The summed E-state index contributed by atoms with van der Waals surface area (Å²) < 4.78 is 0. The molecule has 2 aromatic carbocycles. The second kappa shape index (κ2) is 8.84. The Kier molecular flexibility index (Phi) is 6.47. The molecule has 1 N–H and O–H groups in total. The number of amides is 2. The number of nitrogens with one attached hydrogen (secondary N) is 1. The maximum atomic E-state index is 12.4. The lowest BCUT2D eigenvalue weighted by Crippen LogP contribution is -2.49. The molecule has 5 nitrogen and oxygen atoms in total. The number of hydrogen-bond acceptors (Lipinski definition) is 3. The fourth-order valence-corrected chi connectivity index (χ4v) is 3.55. The van der Waals surface area contributed by atoms with Gasteiger partial charge in [-0.25, -0.2) is 0 Å². The minimum Gasteiger partial charge on any atom is -0.368 e. The van der Waals surface area contributed by atoms with Gasteiger partial charge in [0, 0.05) is 48.5 Å². The molecule has 28 heavy (non-hydrogen) atoms. The molecule has 1 aliphatic heterocycles. The zero-order chi connectivity index (χ0) is 20.3. The molecule has 148 valence electrons. The zero-order valence-corrected chi connectivity index (χ0v) is 17.4. The van der Waals surface area contributed by atoms with Crippen molar-refractivity contribution in [2.75, 3.05) is 36.4 Å². The molecule has 3 rings (SSSR count). The summed E-state index contributed by atoms with van der Waals surface area (Å²) >= 11 is 12.0. The van der Waals surface area contributed by atoms with Crippen molar-refractivity contribution >= 4 is 46.4 Å². The molecular formula is C21H23Cl2N3O2. The topological polar surface area (TPSA) is 52.7 Å². The van der Waals surface area contributed by atoms with E-state index in [0.717, 1.165) is 31.9 Å². The SMILES string of the molecule is CC(C)C(=O)N1CCN(c2ccc(NC(=O)c3cc(Cl)ccc3Cl)cc2)CC1. The van der Waals surface area contributed by atoms with Gasteiger partial charge in [-0.1, -0.05) is 37.0 Å². The Labute approximate surface area is 175 Å². The van der Waals surface area contributed by atoms with Crippen LogP contribution in [0, 0.1) is 5.92 Å². The van der Waals surface area contributed by atoms with Gasteiger partial charge >= 0.3 is 0 Å². The van der Waals surface area contributed by atoms with Crippen molar-refractivity contribution in [3.05, 3.63) is 58.1 Å². The van der Waals surface area contributed by atoms with Crippen LogP contribution < -0.4 is 10.2 Å². The first-order valence-corrected chi connectivity index (χ1v) is 10.0. The van der Waals surface area contributed by atoms with Crippen molar-refractivity contribution in [2.24, 2.45) is 5.92 Å². The van der Waals surface area contributed by atoms with Gasteiger partial charge in [0.2, 0.25) is 5.91 Å². The molecule has 0 spiro atoms. The minimum atomic E-state index is -0.305. The Balaban J connectivity index is 1.60. The predicted octanol–water partition coefficient (Wildman–Crippen LogP) is 4.55. The molecular weight excluding hydrogens is 397 g/mol. The summed E-state index contributed by atoms with van der Waals surface area (Å²) in [6, 6.07) is 12.4. The van der Waals surface area contributed by atoms with E-state index in [-0.39, 0.29) is 17.7 Å². The molecule has 1 fully saturated rings. The lowest BCUT2D eigenvalue weighted by molar-refractivity contribution is -0.134. The van der Waals surface area contributed by atoms with E-state index in [1.807, 2.05) is 43.0 Å². The highest BCUT2D eigenvalue weighted by atomic mass is 35.5. The average Bonchev–Trinajstić information content (AvgIpc) is 2.70. The number of carbonyl (C=O) groups excluding carboxylic acids is 2. The van der Waals surface area contributed by atoms with E-state index in [0.29, 0.717) is 21.3 Å². The summed E-state index contributed by atoms with van der Waals surface area (Å²) in [7, 11) is 0. The van der Waals surface area contributed by atoms with Crippen LogP contribution in [0.1, 0.15) is 24.2 Å². The highest BCUT2D eigenvalue weighted by Gasteiger charge is 2.23. The van der Waals surface area contributed by atoms with E-state index in [1.54, 1.807) is 18.2 Å². The van der Waals surface area contributed by atoms with Gasteiger partial charge in [0.15, 0.2) is 0 Å². The van der Waals surface area contributed by atoms with Gasteiger partial charge in [0.1, 0.15) is 0 Å². The van der Waals surface area contributed by atoms with Crippen LogP contribution in [0.15, 0.2) is 42.5 Å². The lowest BCUT2D eigenvalue weighted by Gasteiger charge is -2.37. The van der Waals surface area contributed by atoms with Gasteiger partial charge in [-0.2, -0.15) is 0 Å². The van der Waals surface area contributed by atoms with E-state index in [4.69, 9.17) is 23.2 Å². The molecule has 0 saturated carbocycles. The van der Waals surface area contributed by atoms with Gasteiger partial charge in [0.25, 0.3) is 5.91 Å². The average molecular weight is 420 g/mol. The minimum absolute atomic E-state index is 0.0300. The monoisotopic (exact) mass is 419 g/mol. The first-order valence-electron chi connectivity index (χ1n) is 9.25. The van der Waals surface area contributed by atoms with Gasteiger partial charge in [0.05, 0.1) is 10.6 Å². The third-order valence-corrected chi connectivity index (χ3v) is 5.31. The van der Waals surface area contributed by atoms with Crippen LogP contribution in [0.4, 0.5) is 11.4 Å². The van der Waals surface area contributed by atoms with Gasteiger partial charge in [-0.15, -0.1) is 0 Å². The Bertz CT molecular complexity index is 860. The Morgan fingerprint density at radius 1 is 0.964 bits per heavy atom. The Morgan fingerprint density at radius 2 is 1.61 bits per heavy atom. The number of rotatable bonds is 4. The van der Waals surface area contributed by atoms with Crippen molar-refractivity contribution < 1.29 is 9.59 Å². The first-order chi connectivity index (χ1) is 13.3. The van der Waals surface area contributed by atoms with E-state index < -0.39 is 0 Å². The molecule has 1 aliphatic rings. The zero-order valence-electron chi connectivity index (χ0n) is 15.9. The molecule has 0 aliphatic carbocycles. The van der Waals surface area contributed by atoms with E-state index >= 15 is 0 Å². The third kappa shape index (κ3) is 4.78. The fourth-order valence-electron chi connectivity index (χ4n) is 3.18. The molecule has 0 aromatic heterocycles. The van der Waals surface area contributed by atoms with Crippen molar-refractivity contribution in [3.63, 3.8) is 0 Å². The standard InChI is InChI=1S/C21H23Cl2N3O2/c1-14(2)21(28)26-11-9-25(10-12-26)17-6-4-16(5-7-17)24-20(27)18-13-15(22)3-8-19(18)23/h3-8,13-14H,9-12H2,1-2H3,(H,24,27). The van der Waals surface area contributed by atoms with Crippen LogP contribution in [-0.2, 0) is 4.79 Å². The first kappa shape index (κ1) is 20.5. The summed E-state index contributed by atoms with van der Waals surface area (Å²) in [4.78, 5) is 28.7. The molecule has 7 heteroatoms. The lowest BCUT2D eigenvalue weighted by atomic mass is 10.1. The van der Waals surface area contributed by atoms with Gasteiger partial charge in [-0.05, 0) is 42.5 Å². The Morgan fingerprint density at radius 3 is 2.21 bits per heavy atom. The second-order valence-electron chi connectivity index (χ2n) is 7.09. The second-order valence-corrected chi connectivity index (χ2v) is 7.94. The number of piperazine rings is 1. The smallest absolute Gasteiger partial charge is 0.257 e. The summed E-state index contributed by atoms with van der Waals surface area (Å²) in [6.07, 6.45) is 0. The Hall–Kier alpha value is -2.24. The van der Waals surface area contributed by atoms with Gasteiger partial charge in [-0.3, -0.25) is 9.59 Å². The van der Waals surface area contributed by atoms with Crippen LogP contribution in [0.5, 0.6) is 0 Å². The molecule has 1 heterocycles. The molecule has 0 atom stereocenters. The van der Waals surface area contributed by atoms with Crippen molar-refractivity contribution in [1.82, 2.24) is 4.90 Å². The molecule has 0 unspecified atom stereocenters. The fraction of sp³-hybridized carbons (Fsp3) is 0.333. The summed E-state index contributed by atoms with van der Waals surface area (Å²) in [5.41, 5.74) is 2.08. The molecule has 2 aromatic rings. The molecule has 2 amide bonds. The van der Waals surface area contributed by atoms with Crippen LogP contribution >= 0.6 is 23.2 Å². The van der Waals surface area contributed by atoms with Crippen LogP contribution in [0.2, 0.25) is 10.0 Å². The molecule has 0 radical (unpaired) electrons. The highest BCUT2D eigenvalue weighted by Crippen LogP contribution is 2.23. The van der Waals surface area contributed by atoms with Crippen molar-refractivity contribution in [2.45, 2.75) is 13.8 Å². The quantitative estimate of drug-likeness (QED) is 0.790. The van der Waals surface area contributed by atoms with Crippen LogP contribution in [0.3, 0.4) is 0 Å². The van der Waals surface area contributed by atoms with E-state index in [9.17, 15) is 9.59 Å². The third-order valence-electron chi connectivity index (χ3n) is 4.75. The van der Waals surface area contributed by atoms with E-state index in [1.165, 1.54) is 0 Å². The maximum absolute atomic E-state index is 12.4. The number of halogens is 2. The number of benzene rings is 2. The number of nitrogens with zero attached hydrogens (tertiary/aromatic N) is 2. The number of carbonyl (C=O) groups is 2. The predicted molar refractivity (Wildman–Crippen MR) is 114 cm³/mol. The maximum Gasteiger partial charge on any atom is 0.257 e. The van der Waals surface area contributed by atoms with Crippen molar-refractivity contribution in [3.8, 4) is 0 Å². The number of anilines is 2. The van der Waals surface area contributed by atoms with E-state index in [2.05, 4.69) is 10.2 Å². The van der Waals surface area contributed by atoms with Crippen LogP contribution in [-0.4, -0.2) is 42.9 Å². The summed E-state index contributed by atoms with van der Waals surface area (Å²) in [6.45, 7) is 6.90. The highest BCUT2D eigenvalue weighted by molar-refractivity contribution is 6.36.